The maximum atomic E-state index is 2.47. The van der Waals surface area contributed by atoms with Crippen molar-refractivity contribution in [3.05, 3.63) is 89.5 Å². The number of hydrogen-bond donors (Lipinski definition) is 0. The molecule has 0 saturated heterocycles. The van der Waals surface area contributed by atoms with Gasteiger partial charge in [0.05, 0.1) is 0 Å². The first-order chi connectivity index (χ1) is 13.8. The Morgan fingerprint density at radius 2 is 1.31 bits per heavy atom. The van der Waals surface area contributed by atoms with Gasteiger partial charge in [-0.25, -0.2) is 0 Å². The van der Waals surface area contributed by atoms with Gasteiger partial charge in [-0.3, -0.25) is 0 Å². The number of aryl methyl sites for hydroxylation is 2. The van der Waals surface area contributed by atoms with E-state index in [4.69, 9.17) is 0 Å². The van der Waals surface area contributed by atoms with Gasteiger partial charge >= 0.3 is 18.9 Å². The molecule has 6 rings (SSSR count). The molecule has 1 aliphatic rings. The number of fused-ring (bicyclic) bond motifs is 5. The molecule has 1 aliphatic carbocycles. The van der Waals surface area contributed by atoms with E-state index < -0.39 is 0 Å². The molecule has 0 fully saturated rings. The molecule has 0 N–H and O–H groups in total. The summed E-state index contributed by atoms with van der Waals surface area (Å²) in [6.45, 7) is 2.22. The van der Waals surface area contributed by atoms with Crippen molar-refractivity contribution in [2.75, 3.05) is 0 Å². The third kappa shape index (κ3) is 2.86. The van der Waals surface area contributed by atoms with E-state index >= 15 is 0 Å². The molecule has 0 spiro atoms. The summed E-state index contributed by atoms with van der Waals surface area (Å²) in [5.74, 6) is 0. The van der Waals surface area contributed by atoms with Crippen LogP contribution in [-0.2, 0) is 12.8 Å². The zero-order valence-corrected chi connectivity index (χ0v) is 17.3. The van der Waals surface area contributed by atoms with E-state index in [2.05, 4.69) is 79.7 Å². The molecule has 0 aromatic heterocycles. The maximum Gasteiger partial charge on any atom is 1.00 e. The normalized spacial score (nSPS) is 13.6. The van der Waals surface area contributed by atoms with E-state index in [1.54, 1.807) is 11.1 Å². The summed E-state index contributed by atoms with van der Waals surface area (Å²) in [5.41, 5.74) is 7.45. The van der Waals surface area contributed by atoms with Gasteiger partial charge in [-0.1, -0.05) is 86.3 Å². The smallest absolute Gasteiger partial charge is 0.165 e. The van der Waals surface area contributed by atoms with Gasteiger partial charge in [0, 0.05) is 0 Å². The van der Waals surface area contributed by atoms with Crippen LogP contribution in [0.5, 0.6) is 0 Å². The third-order valence-corrected chi connectivity index (χ3v) is 6.52. The summed E-state index contributed by atoms with van der Waals surface area (Å²) in [6, 6.07) is 27.3. The van der Waals surface area contributed by atoms with Crippen LogP contribution in [0.2, 0.25) is 0 Å². The van der Waals surface area contributed by atoms with Crippen molar-refractivity contribution < 1.29 is 18.9 Å². The average molecular weight is 366 g/mol. The minimum absolute atomic E-state index is 0. The largest absolute Gasteiger partial charge is 1.00 e. The van der Waals surface area contributed by atoms with Gasteiger partial charge in [-0.2, -0.15) is 6.07 Å². The van der Waals surface area contributed by atoms with Crippen LogP contribution in [-0.4, -0.2) is 0 Å². The fourth-order valence-electron chi connectivity index (χ4n) is 5.33. The van der Waals surface area contributed by atoms with Gasteiger partial charge < -0.3 is 0 Å². The molecule has 0 radical (unpaired) electrons. The van der Waals surface area contributed by atoms with Crippen LogP contribution in [0.1, 0.15) is 29.5 Å². The van der Waals surface area contributed by atoms with Crippen LogP contribution in [0, 0.1) is 6.92 Å². The topological polar surface area (TPSA) is 0 Å². The van der Waals surface area contributed by atoms with Gasteiger partial charge in [0.1, 0.15) is 0 Å². The quantitative estimate of drug-likeness (QED) is 0.229. The SMILES string of the molecule is Cc1cc2cc(-c3c4ccccc4cc4ccccc34)c3c(c2[cH-]1)CCCC3.[Li+]. The standard InChI is InChI=1S/C28H23.Li/c1-18-14-21-17-27(25-13-7-6-12-24(25)26(21)15-18)28-22-10-4-2-8-19(22)16-20-9-3-5-11-23(20)28;/h2-5,8-11,14-17H,6-7,12-13H2,1H3;/q-1;+1. The molecule has 29 heavy (non-hydrogen) atoms. The number of hydrogen-bond acceptors (Lipinski definition) is 0. The molecule has 5 aromatic rings. The summed E-state index contributed by atoms with van der Waals surface area (Å²) < 4.78 is 0. The van der Waals surface area contributed by atoms with Gasteiger partial charge in [-0.05, 0) is 45.2 Å². The van der Waals surface area contributed by atoms with E-state index in [1.165, 1.54) is 74.7 Å². The van der Waals surface area contributed by atoms with Crippen LogP contribution < -0.4 is 18.9 Å². The fraction of sp³-hybridized carbons (Fsp3) is 0.179. The Morgan fingerprint density at radius 3 is 2.00 bits per heavy atom. The van der Waals surface area contributed by atoms with Crippen LogP contribution in [0.4, 0.5) is 0 Å². The van der Waals surface area contributed by atoms with Crippen molar-refractivity contribution in [1.29, 1.82) is 0 Å². The third-order valence-electron chi connectivity index (χ3n) is 6.52. The van der Waals surface area contributed by atoms with E-state index in [0.717, 1.165) is 0 Å². The molecule has 0 bridgehead atoms. The molecule has 0 heterocycles. The van der Waals surface area contributed by atoms with E-state index in [9.17, 15) is 0 Å². The van der Waals surface area contributed by atoms with E-state index in [0.29, 0.717) is 0 Å². The Kier molecular flexibility index (Phi) is 4.58. The van der Waals surface area contributed by atoms with Crippen LogP contribution in [0.25, 0.3) is 43.4 Å². The Hall–Kier alpha value is -2.39. The first-order valence-electron chi connectivity index (χ1n) is 10.4. The molecule has 0 atom stereocenters. The second-order valence-electron chi connectivity index (χ2n) is 8.32. The second-order valence-corrected chi connectivity index (χ2v) is 8.32. The molecular weight excluding hydrogens is 343 g/mol. The summed E-state index contributed by atoms with van der Waals surface area (Å²) in [6.07, 6.45) is 5.02. The molecule has 5 aromatic carbocycles. The maximum absolute atomic E-state index is 2.47. The minimum atomic E-state index is 0. The molecule has 136 valence electrons. The van der Waals surface area contributed by atoms with Crippen molar-refractivity contribution >= 4 is 32.3 Å². The summed E-state index contributed by atoms with van der Waals surface area (Å²) in [7, 11) is 0. The first-order valence-corrected chi connectivity index (χ1v) is 10.4. The molecular formula is C28H23Li. The van der Waals surface area contributed by atoms with Crippen molar-refractivity contribution in [2.45, 2.75) is 32.6 Å². The van der Waals surface area contributed by atoms with Crippen LogP contribution in [0.3, 0.4) is 0 Å². The van der Waals surface area contributed by atoms with Gasteiger partial charge in [0.15, 0.2) is 0 Å². The predicted molar refractivity (Wildman–Crippen MR) is 121 cm³/mol. The minimum Gasteiger partial charge on any atom is -0.165 e. The molecule has 0 nitrogen and oxygen atoms in total. The first kappa shape index (κ1) is 18.6. The summed E-state index contributed by atoms with van der Waals surface area (Å²) in [4.78, 5) is 0. The van der Waals surface area contributed by atoms with Crippen molar-refractivity contribution in [1.82, 2.24) is 0 Å². The Morgan fingerprint density at radius 1 is 0.690 bits per heavy atom. The molecule has 0 aliphatic heterocycles. The predicted octanol–water partition coefficient (Wildman–Crippen LogP) is 4.72. The zero-order valence-electron chi connectivity index (χ0n) is 17.3. The van der Waals surface area contributed by atoms with Crippen LogP contribution in [0.15, 0.2) is 72.8 Å². The van der Waals surface area contributed by atoms with Gasteiger partial charge in [-0.15, -0.1) is 28.0 Å². The molecule has 1 heteroatoms. The molecule has 0 unspecified atom stereocenters. The molecule has 0 amide bonds. The van der Waals surface area contributed by atoms with Crippen molar-refractivity contribution in [3.63, 3.8) is 0 Å². The summed E-state index contributed by atoms with van der Waals surface area (Å²) >= 11 is 0. The average Bonchev–Trinajstić information content (AvgIpc) is 3.12. The Balaban J connectivity index is 0.00000181. The monoisotopic (exact) mass is 366 g/mol. The van der Waals surface area contributed by atoms with Gasteiger partial charge in [0.2, 0.25) is 0 Å². The number of benzene rings is 4. The van der Waals surface area contributed by atoms with E-state index in [1.807, 2.05) is 0 Å². The second kappa shape index (κ2) is 7.14. The number of rotatable bonds is 1. The van der Waals surface area contributed by atoms with Crippen molar-refractivity contribution in [2.24, 2.45) is 0 Å². The van der Waals surface area contributed by atoms with Gasteiger partial charge in [0.25, 0.3) is 0 Å². The van der Waals surface area contributed by atoms with Crippen molar-refractivity contribution in [3.8, 4) is 11.1 Å². The Bertz CT molecular complexity index is 1320. The van der Waals surface area contributed by atoms with Crippen LogP contribution >= 0.6 is 0 Å². The fourth-order valence-corrected chi connectivity index (χ4v) is 5.33. The molecule has 0 saturated carbocycles. The van der Waals surface area contributed by atoms with E-state index in [-0.39, 0.29) is 18.9 Å². The zero-order chi connectivity index (χ0) is 18.7. The summed E-state index contributed by atoms with van der Waals surface area (Å²) in [5, 5.41) is 8.30. The Labute approximate surface area is 184 Å².